The molecule has 17 heavy (non-hydrogen) atoms. The standard InChI is InChI=1S/C12H15FO3S/c1-4-5-17-10-7-8(12(14)16-3)6-9(13)11(10)15-2/h6-7H,4-5H2,1-3H3. The molecule has 0 fully saturated rings. The number of halogens is 1. The van der Waals surface area contributed by atoms with E-state index < -0.39 is 11.8 Å². The van der Waals surface area contributed by atoms with E-state index in [0.717, 1.165) is 18.2 Å². The monoisotopic (exact) mass is 258 g/mol. The van der Waals surface area contributed by atoms with Crippen molar-refractivity contribution in [3.05, 3.63) is 23.5 Å². The van der Waals surface area contributed by atoms with E-state index >= 15 is 0 Å². The molecule has 0 atom stereocenters. The highest BCUT2D eigenvalue weighted by atomic mass is 32.2. The second-order valence-corrected chi connectivity index (χ2v) is 4.47. The van der Waals surface area contributed by atoms with Gasteiger partial charge in [-0.15, -0.1) is 11.8 Å². The number of benzene rings is 1. The van der Waals surface area contributed by atoms with Crippen LogP contribution in [0.1, 0.15) is 23.7 Å². The van der Waals surface area contributed by atoms with Crippen molar-refractivity contribution in [1.29, 1.82) is 0 Å². The highest BCUT2D eigenvalue weighted by molar-refractivity contribution is 7.99. The summed E-state index contributed by atoms with van der Waals surface area (Å²) in [6.07, 6.45) is 0.956. The fraction of sp³-hybridized carbons (Fsp3) is 0.417. The van der Waals surface area contributed by atoms with E-state index in [9.17, 15) is 9.18 Å². The number of hydrogen-bond donors (Lipinski definition) is 0. The van der Waals surface area contributed by atoms with Gasteiger partial charge >= 0.3 is 5.97 Å². The molecule has 0 saturated carbocycles. The van der Waals surface area contributed by atoms with Crippen LogP contribution in [-0.2, 0) is 4.74 Å². The summed E-state index contributed by atoms with van der Waals surface area (Å²) in [6.45, 7) is 2.03. The zero-order valence-corrected chi connectivity index (χ0v) is 10.9. The first-order chi connectivity index (χ1) is 8.13. The van der Waals surface area contributed by atoms with Crippen molar-refractivity contribution in [3.63, 3.8) is 0 Å². The van der Waals surface area contributed by atoms with Crippen LogP contribution < -0.4 is 4.74 Å². The Morgan fingerprint density at radius 1 is 1.41 bits per heavy atom. The number of esters is 1. The summed E-state index contributed by atoms with van der Waals surface area (Å²) in [7, 11) is 2.68. The Morgan fingerprint density at radius 3 is 2.65 bits per heavy atom. The lowest BCUT2D eigenvalue weighted by Crippen LogP contribution is -2.03. The Balaban J connectivity index is 3.13. The maximum absolute atomic E-state index is 13.7. The number of carbonyl (C=O) groups excluding carboxylic acids is 1. The summed E-state index contributed by atoms with van der Waals surface area (Å²) < 4.78 is 23.3. The lowest BCUT2D eigenvalue weighted by molar-refractivity contribution is 0.0599. The number of rotatable bonds is 5. The molecule has 0 spiro atoms. The maximum atomic E-state index is 13.7. The van der Waals surface area contributed by atoms with E-state index in [-0.39, 0.29) is 11.3 Å². The van der Waals surface area contributed by atoms with E-state index in [0.29, 0.717) is 4.90 Å². The van der Waals surface area contributed by atoms with Crippen LogP contribution in [0.25, 0.3) is 0 Å². The maximum Gasteiger partial charge on any atom is 0.337 e. The summed E-state index contributed by atoms with van der Waals surface area (Å²) in [4.78, 5) is 12.0. The topological polar surface area (TPSA) is 35.5 Å². The van der Waals surface area contributed by atoms with Gasteiger partial charge in [0.1, 0.15) is 0 Å². The van der Waals surface area contributed by atoms with Crippen LogP contribution in [0.15, 0.2) is 17.0 Å². The van der Waals surface area contributed by atoms with Gasteiger partial charge in [-0.3, -0.25) is 0 Å². The van der Waals surface area contributed by atoms with Crippen molar-refractivity contribution in [3.8, 4) is 5.75 Å². The molecule has 0 aliphatic carbocycles. The lowest BCUT2D eigenvalue weighted by atomic mass is 10.2. The van der Waals surface area contributed by atoms with Gasteiger partial charge in [-0.1, -0.05) is 6.92 Å². The minimum Gasteiger partial charge on any atom is -0.492 e. The van der Waals surface area contributed by atoms with Crippen LogP contribution in [0.2, 0.25) is 0 Å². The highest BCUT2D eigenvalue weighted by Crippen LogP contribution is 2.33. The molecule has 0 saturated heterocycles. The molecule has 0 aromatic heterocycles. The average molecular weight is 258 g/mol. The van der Waals surface area contributed by atoms with Gasteiger partial charge in [-0.25, -0.2) is 9.18 Å². The largest absolute Gasteiger partial charge is 0.492 e. The molecule has 0 amide bonds. The normalized spacial score (nSPS) is 10.1. The summed E-state index contributed by atoms with van der Waals surface area (Å²) in [5, 5.41) is 0. The Morgan fingerprint density at radius 2 is 2.12 bits per heavy atom. The molecular weight excluding hydrogens is 243 g/mol. The Hall–Kier alpha value is -1.23. The van der Waals surface area contributed by atoms with Crippen molar-refractivity contribution in [2.24, 2.45) is 0 Å². The zero-order chi connectivity index (χ0) is 12.8. The van der Waals surface area contributed by atoms with E-state index in [4.69, 9.17) is 4.74 Å². The van der Waals surface area contributed by atoms with Gasteiger partial charge in [0.25, 0.3) is 0 Å². The quantitative estimate of drug-likeness (QED) is 0.600. The molecule has 94 valence electrons. The van der Waals surface area contributed by atoms with Gasteiger partial charge in [0.05, 0.1) is 24.7 Å². The van der Waals surface area contributed by atoms with Gasteiger partial charge in [-0.2, -0.15) is 0 Å². The number of methoxy groups -OCH3 is 2. The second-order valence-electron chi connectivity index (χ2n) is 3.33. The van der Waals surface area contributed by atoms with Crippen LogP contribution in [0.3, 0.4) is 0 Å². The molecule has 5 heteroatoms. The smallest absolute Gasteiger partial charge is 0.337 e. The fourth-order valence-electron chi connectivity index (χ4n) is 1.32. The molecule has 0 unspecified atom stereocenters. The summed E-state index contributed by atoms with van der Waals surface area (Å²) in [5.41, 5.74) is 0.199. The molecule has 0 radical (unpaired) electrons. The van der Waals surface area contributed by atoms with Crippen LogP contribution >= 0.6 is 11.8 Å². The zero-order valence-electron chi connectivity index (χ0n) is 10.1. The van der Waals surface area contributed by atoms with Crippen molar-refractivity contribution < 1.29 is 18.7 Å². The molecule has 0 heterocycles. The molecule has 1 rings (SSSR count). The molecule has 0 aliphatic heterocycles. The van der Waals surface area contributed by atoms with E-state index in [1.54, 1.807) is 6.07 Å². The van der Waals surface area contributed by atoms with Crippen LogP contribution in [0, 0.1) is 5.82 Å². The van der Waals surface area contributed by atoms with Gasteiger partial charge in [0.2, 0.25) is 0 Å². The molecule has 0 aliphatic rings. The first kappa shape index (κ1) is 13.8. The number of ether oxygens (including phenoxy) is 2. The molecule has 1 aromatic rings. The minimum absolute atomic E-state index is 0.177. The molecule has 0 bridgehead atoms. The minimum atomic E-state index is -0.551. The lowest BCUT2D eigenvalue weighted by Gasteiger charge is -2.10. The summed E-state index contributed by atoms with van der Waals surface area (Å²) in [5.74, 6) is -0.0875. The van der Waals surface area contributed by atoms with Crippen LogP contribution in [0.5, 0.6) is 5.75 Å². The van der Waals surface area contributed by atoms with Gasteiger partial charge in [0, 0.05) is 0 Å². The fourth-order valence-corrected chi connectivity index (χ4v) is 2.27. The summed E-state index contributed by atoms with van der Waals surface area (Å²) >= 11 is 1.46. The van der Waals surface area contributed by atoms with Gasteiger partial charge < -0.3 is 9.47 Å². The van der Waals surface area contributed by atoms with E-state index in [2.05, 4.69) is 4.74 Å². The Bertz CT molecular complexity index is 407. The van der Waals surface area contributed by atoms with Crippen molar-refractivity contribution in [2.75, 3.05) is 20.0 Å². The SMILES string of the molecule is CCCSc1cc(C(=O)OC)cc(F)c1OC. The summed E-state index contributed by atoms with van der Waals surface area (Å²) in [6, 6.07) is 2.72. The van der Waals surface area contributed by atoms with E-state index in [1.807, 2.05) is 6.92 Å². The van der Waals surface area contributed by atoms with Gasteiger partial charge in [-0.05, 0) is 24.3 Å². The van der Waals surface area contributed by atoms with Crippen molar-refractivity contribution in [2.45, 2.75) is 18.2 Å². The highest BCUT2D eigenvalue weighted by Gasteiger charge is 2.16. The first-order valence-electron chi connectivity index (χ1n) is 5.22. The predicted molar refractivity (Wildman–Crippen MR) is 65.3 cm³/mol. The van der Waals surface area contributed by atoms with Crippen molar-refractivity contribution in [1.82, 2.24) is 0 Å². The van der Waals surface area contributed by atoms with E-state index in [1.165, 1.54) is 26.0 Å². The Kier molecular flexibility index (Phi) is 5.28. The third-order valence-corrected chi connectivity index (χ3v) is 3.32. The number of thioether (sulfide) groups is 1. The third kappa shape index (κ3) is 3.36. The van der Waals surface area contributed by atoms with Gasteiger partial charge in [0.15, 0.2) is 11.6 Å². The third-order valence-electron chi connectivity index (χ3n) is 2.10. The number of carbonyl (C=O) groups is 1. The molecule has 0 N–H and O–H groups in total. The predicted octanol–water partition coefficient (Wildman–Crippen LogP) is 3.12. The van der Waals surface area contributed by atoms with Crippen molar-refractivity contribution >= 4 is 17.7 Å². The average Bonchev–Trinajstić information content (AvgIpc) is 2.34. The van der Waals surface area contributed by atoms with Crippen LogP contribution in [-0.4, -0.2) is 25.9 Å². The molecule has 1 aromatic carbocycles. The number of hydrogen-bond acceptors (Lipinski definition) is 4. The Labute approximate surface area is 104 Å². The molecule has 3 nitrogen and oxygen atoms in total. The second kappa shape index (κ2) is 6.49. The first-order valence-corrected chi connectivity index (χ1v) is 6.21. The molecular formula is C12H15FO3S. The van der Waals surface area contributed by atoms with Crippen LogP contribution in [0.4, 0.5) is 4.39 Å².